The number of rotatable bonds is 11. The van der Waals surface area contributed by atoms with Crippen LogP contribution in [0.5, 0.6) is 0 Å². The predicted octanol–water partition coefficient (Wildman–Crippen LogP) is 2.79. The van der Waals surface area contributed by atoms with Crippen LogP contribution < -0.4 is 11.1 Å². The zero-order valence-corrected chi connectivity index (χ0v) is 26.1. The first-order valence-corrected chi connectivity index (χ1v) is 17.2. The minimum Gasteiger partial charge on any atom is -0.441 e. The fourth-order valence-electron chi connectivity index (χ4n) is 6.23. The molecule has 45 heavy (non-hydrogen) atoms. The summed E-state index contributed by atoms with van der Waals surface area (Å²) < 4.78 is 66.9. The van der Waals surface area contributed by atoms with E-state index in [-0.39, 0.29) is 48.6 Å². The van der Waals surface area contributed by atoms with E-state index in [1.807, 2.05) is 6.92 Å². The van der Waals surface area contributed by atoms with Gasteiger partial charge in [0, 0.05) is 19.5 Å². The monoisotopic (exact) mass is 662 g/mol. The number of nitrogens with two attached hydrogens (primary N) is 1. The third-order valence-electron chi connectivity index (χ3n) is 9.03. The number of carbonyl (C=O) groups excluding carboxylic acids is 1. The molecule has 3 saturated heterocycles. The molecule has 0 radical (unpaired) electrons. The second kappa shape index (κ2) is 11.7. The SMILES string of the molecule is CC1(CN(C[C@@H](O)[C@H](Cc2ccc(F)cc2)NC(=O)OC2C3COC4OC2CC4O3)S(=O)(=O)c2ccc3nc(N)sc3c2)CC1. The summed E-state index contributed by atoms with van der Waals surface area (Å²) in [5.41, 5.74) is 6.83. The second-order valence-electron chi connectivity index (χ2n) is 12.6. The second-order valence-corrected chi connectivity index (χ2v) is 15.6. The van der Waals surface area contributed by atoms with Crippen LogP contribution in [0.25, 0.3) is 10.2 Å². The number of nitrogen functional groups attached to an aromatic ring is 1. The Bertz CT molecular complexity index is 1680. The number of anilines is 1. The van der Waals surface area contributed by atoms with Crippen molar-refractivity contribution < 1.29 is 41.7 Å². The number of amides is 1. The zero-order chi connectivity index (χ0) is 31.5. The van der Waals surface area contributed by atoms with Gasteiger partial charge in [0.1, 0.15) is 24.1 Å². The van der Waals surface area contributed by atoms with Crippen molar-refractivity contribution in [3.8, 4) is 0 Å². The number of nitrogens with one attached hydrogen (secondary N) is 1. The van der Waals surface area contributed by atoms with E-state index in [0.717, 1.165) is 12.8 Å². The summed E-state index contributed by atoms with van der Waals surface area (Å²) in [6, 6.07) is 9.33. The normalized spacial score (nSPS) is 27.9. The minimum absolute atomic E-state index is 0.0572. The van der Waals surface area contributed by atoms with Crippen LogP contribution in [-0.2, 0) is 35.4 Å². The number of sulfonamides is 1. The number of aliphatic hydroxyl groups excluding tert-OH is 1. The van der Waals surface area contributed by atoms with Crippen LogP contribution in [0.3, 0.4) is 0 Å². The van der Waals surface area contributed by atoms with Crippen molar-refractivity contribution in [2.45, 2.75) is 80.4 Å². The minimum atomic E-state index is -4.08. The summed E-state index contributed by atoms with van der Waals surface area (Å²) in [7, 11) is -4.08. The van der Waals surface area contributed by atoms with Gasteiger partial charge in [0.05, 0.1) is 33.9 Å². The first-order valence-electron chi connectivity index (χ1n) is 14.9. The molecule has 1 aliphatic carbocycles. The van der Waals surface area contributed by atoms with E-state index in [4.69, 9.17) is 24.7 Å². The molecule has 0 spiro atoms. The van der Waals surface area contributed by atoms with Crippen molar-refractivity contribution in [3.05, 3.63) is 53.8 Å². The molecule has 4 fully saturated rings. The quantitative estimate of drug-likeness (QED) is 0.278. The molecule has 1 aromatic heterocycles. The van der Waals surface area contributed by atoms with E-state index < -0.39 is 52.6 Å². The maximum atomic E-state index is 14.0. The van der Waals surface area contributed by atoms with Crippen molar-refractivity contribution in [1.82, 2.24) is 14.6 Å². The number of thiazole rings is 1. The van der Waals surface area contributed by atoms with E-state index in [0.29, 0.717) is 27.3 Å². The molecule has 5 unspecified atom stereocenters. The van der Waals surface area contributed by atoms with Gasteiger partial charge in [-0.25, -0.2) is 22.6 Å². The molecule has 3 aromatic rings. The molecule has 4 heterocycles. The molecule has 15 heteroatoms. The Morgan fingerprint density at radius 1 is 1.22 bits per heavy atom. The highest BCUT2D eigenvalue weighted by molar-refractivity contribution is 7.89. The molecule has 242 valence electrons. The summed E-state index contributed by atoms with van der Waals surface area (Å²) in [5, 5.41) is 14.7. The van der Waals surface area contributed by atoms with Crippen LogP contribution in [0.4, 0.5) is 14.3 Å². The van der Waals surface area contributed by atoms with Crippen LogP contribution in [-0.4, -0.2) is 91.5 Å². The molecule has 4 aliphatic rings. The van der Waals surface area contributed by atoms with Crippen LogP contribution >= 0.6 is 11.3 Å². The summed E-state index contributed by atoms with van der Waals surface area (Å²) in [6.45, 7) is 2.11. The van der Waals surface area contributed by atoms with Gasteiger partial charge in [-0.15, -0.1) is 0 Å². The van der Waals surface area contributed by atoms with Crippen LogP contribution in [0.1, 0.15) is 31.7 Å². The third kappa shape index (κ3) is 6.39. The number of hydrogen-bond donors (Lipinski definition) is 3. The molecule has 3 bridgehead atoms. The lowest BCUT2D eigenvalue weighted by molar-refractivity contribution is -0.226. The predicted molar refractivity (Wildman–Crippen MR) is 161 cm³/mol. The van der Waals surface area contributed by atoms with Gasteiger partial charge in [0.15, 0.2) is 17.5 Å². The number of aromatic nitrogens is 1. The van der Waals surface area contributed by atoms with Gasteiger partial charge in [-0.1, -0.05) is 30.4 Å². The Morgan fingerprint density at radius 3 is 2.76 bits per heavy atom. The average molecular weight is 663 g/mol. The number of fused-ring (bicyclic) bond motifs is 3. The smallest absolute Gasteiger partial charge is 0.407 e. The largest absolute Gasteiger partial charge is 0.441 e. The van der Waals surface area contributed by atoms with E-state index in [1.165, 1.54) is 39.9 Å². The standard InChI is InChI=1S/C30H35FN4O8S2/c1-30(8-9-30)15-35(45(38,39)18-6-7-19-25(11-18)44-28(32)33-19)13-21(36)20(10-16-2-4-17(31)5-3-16)34-29(37)43-26-22-12-23-27(42-22)40-14-24(26)41-23/h2-7,11,20-24,26-27,36H,8-10,12-15H2,1H3,(H2,32,33)(H,34,37)/t20-,21+,22?,23?,24?,26?,27?/m0/s1. The summed E-state index contributed by atoms with van der Waals surface area (Å²) in [4.78, 5) is 17.6. The third-order valence-corrected chi connectivity index (χ3v) is 11.7. The fourth-order valence-corrected chi connectivity index (χ4v) is 8.71. The molecule has 7 atom stereocenters. The topological polar surface area (TPSA) is 163 Å². The highest BCUT2D eigenvalue weighted by Gasteiger charge is 2.55. The van der Waals surface area contributed by atoms with Crippen LogP contribution in [0, 0.1) is 11.2 Å². The number of benzene rings is 2. The highest BCUT2D eigenvalue weighted by Crippen LogP contribution is 2.46. The Balaban J connectivity index is 1.12. The van der Waals surface area contributed by atoms with Gasteiger partial charge in [0.25, 0.3) is 0 Å². The van der Waals surface area contributed by atoms with Gasteiger partial charge in [-0.2, -0.15) is 4.31 Å². The molecule has 12 nitrogen and oxygen atoms in total. The first kappa shape index (κ1) is 30.7. The Kier molecular flexibility index (Phi) is 7.99. The molecular formula is C30H35FN4O8S2. The van der Waals surface area contributed by atoms with E-state index >= 15 is 0 Å². The van der Waals surface area contributed by atoms with E-state index in [2.05, 4.69) is 10.3 Å². The van der Waals surface area contributed by atoms with Crippen molar-refractivity contribution >= 4 is 42.8 Å². The number of alkyl carbamates (subject to hydrolysis) is 1. The first-order chi connectivity index (χ1) is 21.5. The molecule has 1 saturated carbocycles. The van der Waals surface area contributed by atoms with Gasteiger partial charge >= 0.3 is 6.09 Å². The average Bonchev–Trinajstić information content (AvgIpc) is 3.48. The van der Waals surface area contributed by atoms with Crippen molar-refractivity contribution in [1.29, 1.82) is 0 Å². The number of nitrogens with zero attached hydrogens (tertiary/aromatic N) is 2. The van der Waals surface area contributed by atoms with Crippen molar-refractivity contribution in [2.24, 2.45) is 5.41 Å². The lowest BCUT2D eigenvalue weighted by Crippen LogP contribution is -2.55. The number of carbonyl (C=O) groups is 1. The molecule has 4 N–H and O–H groups in total. The van der Waals surface area contributed by atoms with E-state index in [9.17, 15) is 22.7 Å². The molecule has 3 aliphatic heterocycles. The summed E-state index contributed by atoms with van der Waals surface area (Å²) in [6.07, 6.45) is -2.09. The van der Waals surface area contributed by atoms with Crippen molar-refractivity contribution in [2.75, 3.05) is 25.4 Å². The maximum Gasteiger partial charge on any atom is 0.407 e. The Labute approximate surface area is 263 Å². The molecule has 2 aromatic carbocycles. The van der Waals surface area contributed by atoms with E-state index in [1.54, 1.807) is 18.2 Å². The lowest BCUT2D eigenvalue weighted by Gasteiger charge is -2.37. The van der Waals surface area contributed by atoms with Crippen molar-refractivity contribution in [3.63, 3.8) is 0 Å². The van der Waals surface area contributed by atoms with Gasteiger partial charge in [-0.05, 0) is 60.6 Å². The van der Waals surface area contributed by atoms with Crippen LogP contribution in [0.2, 0.25) is 0 Å². The summed E-state index contributed by atoms with van der Waals surface area (Å²) >= 11 is 1.19. The van der Waals surface area contributed by atoms with Gasteiger partial charge < -0.3 is 35.1 Å². The Morgan fingerprint density at radius 2 is 2.00 bits per heavy atom. The van der Waals surface area contributed by atoms with Gasteiger partial charge in [-0.3, -0.25) is 0 Å². The maximum absolute atomic E-state index is 14.0. The fraction of sp³-hybridized carbons (Fsp3) is 0.533. The number of ether oxygens (including phenoxy) is 4. The summed E-state index contributed by atoms with van der Waals surface area (Å²) in [5.74, 6) is -0.429. The number of hydrogen-bond acceptors (Lipinski definition) is 11. The Hall–Kier alpha value is -2.92. The zero-order valence-electron chi connectivity index (χ0n) is 24.5. The number of aliphatic hydroxyl groups is 1. The lowest BCUT2D eigenvalue weighted by atomic mass is 9.99. The molecule has 7 rings (SSSR count). The molecular weight excluding hydrogens is 627 g/mol. The van der Waals surface area contributed by atoms with Crippen LogP contribution in [0.15, 0.2) is 47.4 Å². The van der Waals surface area contributed by atoms with Gasteiger partial charge in [0.2, 0.25) is 10.0 Å². The molecule has 1 amide bonds. The highest BCUT2D eigenvalue weighted by atomic mass is 32.2. The number of halogens is 1.